The van der Waals surface area contributed by atoms with Gasteiger partial charge < -0.3 is 11.1 Å². The molecular weight excluding hydrogens is 236 g/mol. The van der Waals surface area contributed by atoms with Crippen molar-refractivity contribution >= 4 is 5.91 Å². The summed E-state index contributed by atoms with van der Waals surface area (Å²) in [5.41, 5.74) is 7.88. The van der Waals surface area contributed by atoms with E-state index in [4.69, 9.17) is 5.73 Å². The van der Waals surface area contributed by atoms with Crippen molar-refractivity contribution in [1.82, 2.24) is 0 Å². The quantitative estimate of drug-likeness (QED) is 0.776. The van der Waals surface area contributed by atoms with Crippen LogP contribution in [-0.2, 0) is 4.79 Å². The number of benzene rings is 1. The zero-order valence-corrected chi connectivity index (χ0v) is 12.5. The van der Waals surface area contributed by atoms with E-state index in [2.05, 4.69) is 52.0 Å². The molecule has 0 unspecified atom stereocenters. The van der Waals surface area contributed by atoms with Crippen molar-refractivity contribution in [3.05, 3.63) is 35.4 Å². The highest BCUT2D eigenvalue weighted by atomic mass is 16.1. The van der Waals surface area contributed by atoms with Crippen molar-refractivity contribution in [3.8, 4) is 0 Å². The molecule has 2 atom stereocenters. The van der Waals surface area contributed by atoms with E-state index < -0.39 is 0 Å². The Hall–Kier alpha value is -1.35. The van der Waals surface area contributed by atoms with Gasteiger partial charge in [0.05, 0.1) is 0 Å². The summed E-state index contributed by atoms with van der Waals surface area (Å²) in [5, 5.41) is 2.03. The zero-order valence-electron chi connectivity index (χ0n) is 12.5. The molecule has 1 amide bonds. The van der Waals surface area contributed by atoms with Gasteiger partial charge in [0.25, 0.3) is 5.91 Å². The number of carbonyl (C=O) groups excluding carboxylic acids is 1. The van der Waals surface area contributed by atoms with Gasteiger partial charge in [0.1, 0.15) is 6.04 Å². The van der Waals surface area contributed by atoms with E-state index in [9.17, 15) is 4.79 Å². The normalized spacial score (nSPS) is 14.4. The molecule has 0 spiro atoms. The van der Waals surface area contributed by atoms with Gasteiger partial charge in [-0.3, -0.25) is 4.79 Å². The van der Waals surface area contributed by atoms with Crippen LogP contribution in [0.15, 0.2) is 24.3 Å². The molecule has 4 N–H and O–H groups in total. The monoisotopic (exact) mass is 263 g/mol. The second-order valence-corrected chi connectivity index (χ2v) is 5.65. The zero-order chi connectivity index (χ0) is 14.4. The molecule has 1 aromatic carbocycles. The summed E-state index contributed by atoms with van der Waals surface area (Å²) in [7, 11) is 0. The van der Waals surface area contributed by atoms with E-state index in [1.54, 1.807) is 0 Å². The van der Waals surface area contributed by atoms with Crippen LogP contribution in [0.4, 0.5) is 0 Å². The van der Waals surface area contributed by atoms with Crippen LogP contribution in [0.2, 0.25) is 0 Å². The summed E-state index contributed by atoms with van der Waals surface area (Å²) in [6.07, 6.45) is 1.15. The van der Waals surface area contributed by atoms with Crippen molar-refractivity contribution < 1.29 is 10.1 Å². The molecule has 0 heterocycles. The van der Waals surface area contributed by atoms with Crippen molar-refractivity contribution in [2.45, 2.75) is 46.1 Å². The summed E-state index contributed by atoms with van der Waals surface area (Å²) in [4.78, 5) is 10.9. The first-order valence-corrected chi connectivity index (χ1v) is 7.17. The molecule has 106 valence electrons. The number of primary amides is 1. The lowest BCUT2D eigenvalue weighted by molar-refractivity contribution is -0.692. The number of carbonyl (C=O) groups is 1. The lowest BCUT2D eigenvalue weighted by atomic mass is 9.92. The third kappa shape index (κ3) is 4.67. The first kappa shape index (κ1) is 15.7. The molecule has 0 fully saturated rings. The van der Waals surface area contributed by atoms with Gasteiger partial charge in [0.2, 0.25) is 0 Å². The molecule has 0 aliphatic heterocycles. The second kappa shape index (κ2) is 7.29. The molecule has 0 aliphatic rings. The third-order valence-corrected chi connectivity index (χ3v) is 3.79. The molecule has 19 heavy (non-hydrogen) atoms. The highest BCUT2D eigenvalue weighted by Crippen LogP contribution is 2.22. The first-order chi connectivity index (χ1) is 8.95. The maximum atomic E-state index is 10.9. The van der Waals surface area contributed by atoms with Crippen LogP contribution in [0.5, 0.6) is 0 Å². The van der Waals surface area contributed by atoms with Crippen molar-refractivity contribution in [2.24, 2.45) is 11.7 Å². The van der Waals surface area contributed by atoms with E-state index in [0.29, 0.717) is 24.4 Å². The fraction of sp³-hybridized carbons (Fsp3) is 0.562. The van der Waals surface area contributed by atoms with E-state index in [-0.39, 0.29) is 5.91 Å². The highest BCUT2D eigenvalue weighted by molar-refractivity contribution is 5.74. The van der Waals surface area contributed by atoms with Crippen LogP contribution >= 0.6 is 0 Å². The molecular formula is C16H27N2O+. The van der Waals surface area contributed by atoms with E-state index in [1.807, 2.05) is 5.32 Å². The number of quaternary nitrogens is 1. The van der Waals surface area contributed by atoms with E-state index >= 15 is 0 Å². The summed E-state index contributed by atoms with van der Waals surface area (Å²) in [5.74, 6) is 0.803. The molecule has 0 aromatic heterocycles. The lowest BCUT2D eigenvalue weighted by Gasteiger charge is -2.20. The Morgan fingerprint density at radius 2 is 1.68 bits per heavy atom. The third-order valence-electron chi connectivity index (χ3n) is 3.79. The molecule has 1 rings (SSSR count). The van der Waals surface area contributed by atoms with E-state index in [0.717, 1.165) is 6.42 Å². The fourth-order valence-corrected chi connectivity index (χ4v) is 2.32. The van der Waals surface area contributed by atoms with Gasteiger partial charge >= 0.3 is 0 Å². The van der Waals surface area contributed by atoms with Gasteiger partial charge in [0, 0.05) is 11.5 Å². The van der Waals surface area contributed by atoms with Crippen molar-refractivity contribution in [2.75, 3.05) is 6.54 Å². The molecule has 0 bridgehead atoms. The average molecular weight is 263 g/mol. The molecule has 3 heteroatoms. The van der Waals surface area contributed by atoms with Gasteiger partial charge in [-0.05, 0) is 17.9 Å². The molecule has 0 saturated heterocycles. The Bertz CT molecular complexity index is 398. The van der Waals surface area contributed by atoms with Crippen molar-refractivity contribution in [3.63, 3.8) is 0 Å². The summed E-state index contributed by atoms with van der Waals surface area (Å²) in [6.45, 7) is 9.13. The molecule has 0 radical (unpaired) electrons. The fourth-order valence-electron chi connectivity index (χ4n) is 2.32. The van der Waals surface area contributed by atoms with Crippen LogP contribution in [-0.4, -0.2) is 12.5 Å². The minimum absolute atomic E-state index is 0.262. The topological polar surface area (TPSA) is 59.7 Å². The van der Waals surface area contributed by atoms with Crippen LogP contribution in [0.3, 0.4) is 0 Å². The Morgan fingerprint density at radius 1 is 1.16 bits per heavy atom. The molecule has 3 nitrogen and oxygen atoms in total. The number of rotatable bonds is 7. The van der Waals surface area contributed by atoms with Gasteiger partial charge in [-0.15, -0.1) is 0 Å². The maximum absolute atomic E-state index is 10.9. The number of amides is 1. The molecule has 0 aliphatic carbocycles. The standard InChI is InChI=1S/C16H26N2O/c1-5-12(4)13-6-8-14(9-7-13)16(11(2)3)18-10-15(17)19/h6-9,11-12,16,18H,5,10H2,1-4H3,(H2,17,19)/p+1/t12-,16-/m0/s1. The number of hydrogen-bond donors (Lipinski definition) is 2. The SMILES string of the molecule is CC[C@H](C)c1ccc([C@@H]([NH2+]CC(N)=O)C(C)C)cc1. The highest BCUT2D eigenvalue weighted by Gasteiger charge is 2.19. The number of nitrogens with two attached hydrogens (primary N) is 2. The van der Waals surface area contributed by atoms with Crippen LogP contribution in [0, 0.1) is 5.92 Å². The Balaban J connectivity index is 2.82. The second-order valence-electron chi connectivity index (χ2n) is 5.65. The molecule has 0 saturated carbocycles. The van der Waals surface area contributed by atoms with Crippen molar-refractivity contribution in [1.29, 1.82) is 0 Å². The average Bonchev–Trinajstić information content (AvgIpc) is 2.38. The predicted octanol–water partition coefficient (Wildman–Crippen LogP) is 1.95. The maximum Gasteiger partial charge on any atom is 0.272 e. The minimum Gasteiger partial charge on any atom is -0.365 e. The Morgan fingerprint density at radius 3 is 2.11 bits per heavy atom. The van der Waals surface area contributed by atoms with E-state index in [1.165, 1.54) is 11.1 Å². The van der Waals surface area contributed by atoms with Gasteiger partial charge in [0.15, 0.2) is 6.54 Å². The van der Waals surface area contributed by atoms with Crippen LogP contribution in [0.1, 0.15) is 57.2 Å². The van der Waals surface area contributed by atoms with Gasteiger partial charge in [-0.1, -0.05) is 52.0 Å². The summed E-state index contributed by atoms with van der Waals surface area (Å²) >= 11 is 0. The smallest absolute Gasteiger partial charge is 0.272 e. The molecule has 1 aromatic rings. The summed E-state index contributed by atoms with van der Waals surface area (Å²) < 4.78 is 0. The number of hydrogen-bond acceptors (Lipinski definition) is 1. The summed E-state index contributed by atoms with van der Waals surface area (Å²) in [6, 6.07) is 9.07. The van der Waals surface area contributed by atoms with Crippen LogP contribution < -0.4 is 11.1 Å². The first-order valence-electron chi connectivity index (χ1n) is 7.17. The lowest BCUT2D eigenvalue weighted by Crippen LogP contribution is -2.88. The minimum atomic E-state index is -0.262. The largest absolute Gasteiger partial charge is 0.365 e. The Kier molecular flexibility index (Phi) is 6.03. The Labute approximate surface area is 116 Å². The van der Waals surface area contributed by atoms with Gasteiger partial charge in [-0.2, -0.15) is 0 Å². The predicted molar refractivity (Wildman–Crippen MR) is 78.7 cm³/mol. The van der Waals surface area contributed by atoms with Crippen LogP contribution in [0.25, 0.3) is 0 Å². The van der Waals surface area contributed by atoms with Gasteiger partial charge in [-0.25, -0.2) is 0 Å².